The van der Waals surface area contributed by atoms with Crippen LogP contribution in [-0.2, 0) is 16.6 Å². The van der Waals surface area contributed by atoms with Crippen molar-refractivity contribution < 1.29 is 19.7 Å². The molecular formula is C21H27NO4. The van der Waals surface area contributed by atoms with Gasteiger partial charge in [0.2, 0.25) is 0 Å². The molecule has 1 spiro atoms. The minimum atomic E-state index is -0.940. The average Bonchev–Trinajstić information content (AvgIpc) is 3.32. The standard InChI is InChI=1S/C20H23NO4.CH4/c22-13-4-3-12-9-15-20(24)6-5-14(23)18-19(20,16(12)17(13)25-18)7-8-21(15)10-11-1-2-11;/h3-4,11,15,18,22,24H,1-2,5-10H2;1H4/t15-,18+,19+,20-;/m1./s1. The number of ketones is 1. The first-order valence-corrected chi connectivity index (χ1v) is 9.56. The molecule has 0 radical (unpaired) electrons. The van der Waals surface area contributed by atoms with E-state index in [9.17, 15) is 15.0 Å². The van der Waals surface area contributed by atoms with E-state index in [1.54, 1.807) is 6.07 Å². The molecule has 3 aliphatic carbocycles. The maximum Gasteiger partial charge on any atom is 0.174 e. The van der Waals surface area contributed by atoms with Crippen LogP contribution in [0, 0.1) is 5.92 Å². The number of aliphatic hydroxyl groups is 1. The van der Waals surface area contributed by atoms with Crippen LogP contribution in [0.5, 0.6) is 11.5 Å². The number of hydrogen-bond donors (Lipinski definition) is 2. The Hall–Kier alpha value is -1.59. The van der Waals surface area contributed by atoms with Crippen LogP contribution >= 0.6 is 0 Å². The number of aromatic hydroxyl groups is 1. The Bertz CT molecular complexity index is 803. The number of ether oxygens (including phenoxy) is 1. The molecule has 140 valence electrons. The summed E-state index contributed by atoms with van der Waals surface area (Å²) in [6.07, 6.45) is 4.33. The predicted octanol–water partition coefficient (Wildman–Crippen LogP) is 2.16. The molecule has 1 aromatic carbocycles. The summed E-state index contributed by atoms with van der Waals surface area (Å²) in [7, 11) is 0. The van der Waals surface area contributed by atoms with Gasteiger partial charge in [0, 0.05) is 24.6 Å². The van der Waals surface area contributed by atoms with Gasteiger partial charge in [-0.25, -0.2) is 0 Å². The van der Waals surface area contributed by atoms with Crippen molar-refractivity contribution in [3.05, 3.63) is 23.3 Å². The van der Waals surface area contributed by atoms with E-state index in [1.807, 2.05) is 6.07 Å². The van der Waals surface area contributed by atoms with Gasteiger partial charge in [-0.3, -0.25) is 9.69 Å². The first kappa shape index (κ1) is 16.6. The number of phenols is 1. The Morgan fingerprint density at radius 1 is 1.27 bits per heavy atom. The van der Waals surface area contributed by atoms with Crippen LogP contribution in [0.15, 0.2) is 12.1 Å². The molecule has 5 nitrogen and oxygen atoms in total. The second-order valence-electron chi connectivity index (χ2n) is 8.72. The molecule has 4 atom stereocenters. The third-order valence-corrected chi connectivity index (χ3v) is 7.56. The van der Waals surface area contributed by atoms with Gasteiger partial charge in [0.05, 0.1) is 11.0 Å². The van der Waals surface area contributed by atoms with Gasteiger partial charge in [-0.1, -0.05) is 13.5 Å². The van der Waals surface area contributed by atoms with Gasteiger partial charge < -0.3 is 14.9 Å². The zero-order chi connectivity index (χ0) is 17.0. The summed E-state index contributed by atoms with van der Waals surface area (Å²) in [5.41, 5.74) is 0.454. The fraction of sp³-hybridized carbons (Fsp3) is 0.667. The number of carbonyl (C=O) groups excluding carboxylic acids is 1. The summed E-state index contributed by atoms with van der Waals surface area (Å²) in [5.74, 6) is 1.39. The number of likely N-dealkylation sites (tertiary alicyclic amines) is 1. The van der Waals surface area contributed by atoms with Gasteiger partial charge >= 0.3 is 0 Å². The topological polar surface area (TPSA) is 70.0 Å². The van der Waals surface area contributed by atoms with E-state index in [4.69, 9.17) is 4.74 Å². The molecule has 0 aromatic heterocycles. The minimum absolute atomic E-state index is 0. The number of benzene rings is 1. The smallest absolute Gasteiger partial charge is 0.174 e. The number of rotatable bonds is 2. The largest absolute Gasteiger partial charge is 0.504 e. The quantitative estimate of drug-likeness (QED) is 0.849. The summed E-state index contributed by atoms with van der Waals surface area (Å²) >= 11 is 0. The van der Waals surface area contributed by atoms with Crippen molar-refractivity contribution in [2.24, 2.45) is 5.92 Å². The molecule has 2 bridgehead atoms. The van der Waals surface area contributed by atoms with Gasteiger partial charge in [0.25, 0.3) is 0 Å². The molecule has 2 aliphatic heterocycles. The monoisotopic (exact) mass is 357 g/mol. The van der Waals surface area contributed by atoms with Crippen molar-refractivity contribution in [3.63, 3.8) is 0 Å². The SMILES string of the molecule is C.O=C1CC[C@@]2(O)[C@H]3Cc4ccc(O)c5c4[C@@]2(CCN3CC2CC2)[C@H]1O5. The normalized spacial score (nSPS) is 39.8. The molecule has 0 unspecified atom stereocenters. The molecule has 2 heterocycles. The molecule has 5 aliphatic rings. The van der Waals surface area contributed by atoms with Gasteiger partial charge in [-0.05, 0) is 56.2 Å². The molecule has 26 heavy (non-hydrogen) atoms. The van der Waals surface area contributed by atoms with E-state index in [1.165, 1.54) is 12.8 Å². The van der Waals surface area contributed by atoms with Crippen LogP contribution in [0.1, 0.15) is 50.7 Å². The maximum absolute atomic E-state index is 12.7. The van der Waals surface area contributed by atoms with Gasteiger partial charge in [0.1, 0.15) is 0 Å². The number of hydrogen-bond acceptors (Lipinski definition) is 5. The van der Waals surface area contributed by atoms with Crippen molar-refractivity contribution >= 4 is 5.78 Å². The molecule has 1 saturated heterocycles. The first-order valence-electron chi connectivity index (χ1n) is 9.56. The molecule has 3 fully saturated rings. The second-order valence-corrected chi connectivity index (χ2v) is 8.72. The van der Waals surface area contributed by atoms with Crippen LogP contribution in [0.25, 0.3) is 0 Å². The Morgan fingerprint density at radius 3 is 2.85 bits per heavy atom. The Kier molecular flexibility index (Phi) is 3.20. The third-order valence-electron chi connectivity index (χ3n) is 7.56. The Morgan fingerprint density at radius 2 is 2.08 bits per heavy atom. The van der Waals surface area contributed by atoms with E-state index < -0.39 is 17.1 Å². The summed E-state index contributed by atoms with van der Waals surface area (Å²) in [5, 5.41) is 22.3. The van der Waals surface area contributed by atoms with Crippen molar-refractivity contribution in [1.29, 1.82) is 0 Å². The highest BCUT2D eigenvalue weighted by atomic mass is 16.5. The zero-order valence-electron chi connectivity index (χ0n) is 14.2. The number of carbonyl (C=O) groups is 1. The molecular weight excluding hydrogens is 330 g/mol. The van der Waals surface area contributed by atoms with Gasteiger partial charge in [-0.15, -0.1) is 0 Å². The van der Waals surface area contributed by atoms with E-state index >= 15 is 0 Å². The maximum atomic E-state index is 12.7. The number of Topliss-reactive ketones (excluding diaryl/α,β-unsaturated/α-hetero) is 1. The van der Waals surface area contributed by atoms with E-state index in [0.29, 0.717) is 18.6 Å². The fourth-order valence-corrected chi connectivity index (χ4v) is 6.26. The summed E-state index contributed by atoms with van der Waals surface area (Å²) in [6.45, 7) is 1.95. The van der Waals surface area contributed by atoms with E-state index in [0.717, 1.165) is 43.0 Å². The Labute approximate surface area is 154 Å². The van der Waals surface area contributed by atoms with Crippen molar-refractivity contribution in [1.82, 2.24) is 4.90 Å². The van der Waals surface area contributed by atoms with E-state index in [2.05, 4.69) is 4.90 Å². The average molecular weight is 357 g/mol. The summed E-state index contributed by atoms with van der Waals surface area (Å²) in [6, 6.07) is 3.69. The minimum Gasteiger partial charge on any atom is -0.504 e. The van der Waals surface area contributed by atoms with Crippen LogP contribution < -0.4 is 4.74 Å². The lowest BCUT2D eigenvalue weighted by molar-refractivity contribution is -0.188. The van der Waals surface area contributed by atoms with E-state index in [-0.39, 0.29) is 25.0 Å². The van der Waals surface area contributed by atoms with Crippen molar-refractivity contribution in [2.45, 2.75) is 69.1 Å². The summed E-state index contributed by atoms with van der Waals surface area (Å²) < 4.78 is 6.04. The van der Waals surface area contributed by atoms with Crippen molar-refractivity contribution in [3.8, 4) is 11.5 Å². The number of piperidine rings is 1. The lowest BCUT2D eigenvalue weighted by atomic mass is 9.49. The first-order chi connectivity index (χ1) is 12.0. The number of phenolic OH excluding ortho intramolecular Hbond substituents is 1. The lowest BCUT2D eigenvalue weighted by Crippen LogP contribution is -2.76. The van der Waals surface area contributed by atoms with Crippen molar-refractivity contribution in [2.75, 3.05) is 13.1 Å². The summed E-state index contributed by atoms with van der Waals surface area (Å²) in [4.78, 5) is 15.2. The highest BCUT2D eigenvalue weighted by molar-refractivity contribution is 5.90. The zero-order valence-corrected chi connectivity index (χ0v) is 14.2. The highest BCUT2D eigenvalue weighted by Gasteiger charge is 2.73. The predicted molar refractivity (Wildman–Crippen MR) is 96.5 cm³/mol. The molecule has 6 rings (SSSR count). The molecule has 2 saturated carbocycles. The molecule has 0 amide bonds. The van der Waals surface area contributed by atoms with Crippen LogP contribution in [0.3, 0.4) is 0 Å². The molecule has 2 N–H and O–H groups in total. The van der Waals surface area contributed by atoms with Gasteiger partial charge in [-0.2, -0.15) is 0 Å². The molecule has 1 aromatic rings. The highest BCUT2D eigenvalue weighted by Crippen LogP contribution is 2.64. The van der Waals surface area contributed by atoms with Crippen LogP contribution in [0.2, 0.25) is 0 Å². The van der Waals surface area contributed by atoms with Crippen LogP contribution in [-0.4, -0.2) is 51.7 Å². The Balaban J connectivity index is 0.00000150. The lowest BCUT2D eigenvalue weighted by Gasteiger charge is -2.62. The second kappa shape index (κ2) is 5.02. The van der Waals surface area contributed by atoms with Crippen LogP contribution in [0.4, 0.5) is 0 Å². The third kappa shape index (κ3) is 1.71. The number of nitrogens with zero attached hydrogens (tertiary/aromatic N) is 1. The molecule has 5 heteroatoms. The fourth-order valence-electron chi connectivity index (χ4n) is 6.26. The van der Waals surface area contributed by atoms with Gasteiger partial charge in [0.15, 0.2) is 23.4 Å².